The van der Waals surface area contributed by atoms with Gasteiger partial charge in [0.05, 0.1) is 13.2 Å². The van der Waals surface area contributed by atoms with E-state index >= 15 is 0 Å². The Balaban J connectivity index is 0.000000240. The first kappa shape index (κ1) is 32.4. The number of hydrogen-bond acceptors (Lipinski definition) is 12. The molecule has 0 aliphatic heterocycles. The van der Waals surface area contributed by atoms with Crippen molar-refractivity contribution in [2.75, 3.05) is 41.4 Å². The molecule has 0 spiro atoms. The fourth-order valence-electron chi connectivity index (χ4n) is 3.52. The van der Waals surface area contributed by atoms with Crippen molar-refractivity contribution in [2.45, 2.75) is 46.5 Å². The maximum atomic E-state index is 5.77. The van der Waals surface area contributed by atoms with Gasteiger partial charge >= 0.3 is 0 Å². The van der Waals surface area contributed by atoms with E-state index in [4.69, 9.17) is 38.4 Å². The van der Waals surface area contributed by atoms with Crippen molar-refractivity contribution < 1.29 is 9.47 Å². The van der Waals surface area contributed by atoms with Crippen LogP contribution in [0.4, 0.5) is 35.2 Å². The van der Waals surface area contributed by atoms with E-state index in [1.54, 1.807) is 0 Å². The zero-order valence-corrected chi connectivity index (χ0v) is 25.4. The fourth-order valence-corrected chi connectivity index (χ4v) is 3.89. The van der Waals surface area contributed by atoms with E-state index in [0.717, 1.165) is 35.8 Å². The van der Waals surface area contributed by atoms with Crippen molar-refractivity contribution in [3.8, 4) is 11.5 Å². The van der Waals surface area contributed by atoms with Crippen molar-refractivity contribution in [3.63, 3.8) is 0 Å². The van der Waals surface area contributed by atoms with E-state index < -0.39 is 0 Å². The second kappa shape index (κ2) is 17.6. The van der Waals surface area contributed by atoms with Gasteiger partial charge in [0.2, 0.25) is 34.4 Å². The van der Waals surface area contributed by atoms with Gasteiger partial charge in [-0.05, 0) is 92.0 Å². The molecule has 0 aliphatic rings. The number of nitrogen functional groups attached to an aromatic ring is 1. The highest BCUT2D eigenvalue weighted by molar-refractivity contribution is 6.31. The normalized spacial score (nSPS) is 10.3. The lowest BCUT2D eigenvalue weighted by Crippen LogP contribution is -2.10. The zero-order chi connectivity index (χ0) is 30.2. The first-order chi connectivity index (χ1) is 20.4. The Morgan fingerprint density at radius 3 is 1.62 bits per heavy atom. The summed E-state index contributed by atoms with van der Waals surface area (Å²) in [4.78, 5) is 24.1. The molecular formula is C28H36Cl2N10O2. The zero-order valence-electron chi connectivity index (χ0n) is 23.9. The van der Waals surface area contributed by atoms with Gasteiger partial charge < -0.3 is 31.2 Å². The lowest BCUT2D eigenvalue weighted by Gasteiger charge is -2.09. The van der Waals surface area contributed by atoms with Gasteiger partial charge in [0.1, 0.15) is 11.5 Å². The predicted molar refractivity (Wildman–Crippen MR) is 169 cm³/mol. The van der Waals surface area contributed by atoms with Crippen LogP contribution in [0.25, 0.3) is 0 Å². The maximum absolute atomic E-state index is 5.77. The highest BCUT2D eigenvalue weighted by atomic mass is 35.5. The number of ether oxygens (including phenoxy) is 2. The van der Waals surface area contributed by atoms with Crippen molar-refractivity contribution in [3.05, 3.63) is 59.1 Å². The number of nitrogens with zero attached hydrogens (tertiary/aromatic N) is 6. The molecule has 0 radical (unpaired) electrons. The molecule has 14 heteroatoms. The van der Waals surface area contributed by atoms with E-state index in [1.807, 2.05) is 62.4 Å². The van der Waals surface area contributed by atoms with Crippen LogP contribution in [0, 0.1) is 0 Å². The third-order valence-corrected chi connectivity index (χ3v) is 5.73. The van der Waals surface area contributed by atoms with Crippen LogP contribution in [0.5, 0.6) is 11.5 Å². The number of nitrogens with two attached hydrogens (primary N) is 1. The maximum Gasteiger partial charge on any atom is 0.233 e. The average molecular weight is 616 g/mol. The van der Waals surface area contributed by atoms with Gasteiger partial charge in [0, 0.05) is 17.9 Å². The Morgan fingerprint density at radius 2 is 1.12 bits per heavy atom. The average Bonchev–Trinajstić information content (AvgIpc) is 2.95. The summed E-state index contributed by atoms with van der Waals surface area (Å²) in [5.41, 5.74) is 7.43. The molecule has 2 heterocycles. The summed E-state index contributed by atoms with van der Waals surface area (Å²) in [6, 6.07) is 15.0. The Bertz CT molecular complexity index is 1340. The minimum absolute atomic E-state index is 0.0448. The Labute approximate surface area is 255 Å². The first-order valence-corrected chi connectivity index (χ1v) is 14.5. The molecule has 4 aromatic rings. The van der Waals surface area contributed by atoms with Crippen molar-refractivity contribution >= 4 is 58.4 Å². The number of rotatable bonds is 14. The monoisotopic (exact) mass is 614 g/mol. The number of benzene rings is 2. The van der Waals surface area contributed by atoms with Gasteiger partial charge in [-0.15, -0.1) is 0 Å². The van der Waals surface area contributed by atoms with E-state index in [-0.39, 0.29) is 16.5 Å². The molecular weight excluding hydrogens is 579 g/mol. The van der Waals surface area contributed by atoms with Gasteiger partial charge in [-0.25, -0.2) is 0 Å². The molecule has 5 N–H and O–H groups in total. The molecule has 42 heavy (non-hydrogen) atoms. The van der Waals surface area contributed by atoms with Gasteiger partial charge in [0.25, 0.3) is 0 Å². The summed E-state index contributed by atoms with van der Waals surface area (Å²) in [6.45, 7) is 8.18. The second-order valence-corrected chi connectivity index (χ2v) is 9.37. The lowest BCUT2D eigenvalue weighted by atomic mass is 10.2. The van der Waals surface area contributed by atoms with Gasteiger partial charge in [-0.1, -0.05) is 26.2 Å². The van der Waals surface area contributed by atoms with E-state index in [9.17, 15) is 0 Å². The van der Waals surface area contributed by atoms with E-state index in [2.05, 4.69) is 52.8 Å². The molecule has 0 bridgehead atoms. The largest absolute Gasteiger partial charge is 0.494 e. The molecule has 0 unspecified atom stereocenters. The number of aromatic nitrogens is 6. The van der Waals surface area contributed by atoms with E-state index in [0.29, 0.717) is 31.1 Å². The molecule has 0 atom stereocenters. The van der Waals surface area contributed by atoms with Crippen LogP contribution in [0.3, 0.4) is 0 Å². The highest BCUT2D eigenvalue weighted by Gasteiger charge is 2.06. The minimum Gasteiger partial charge on any atom is -0.494 e. The highest BCUT2D eigenvalue weighted by Crippen LogP contribution is 2.20. The van der Waals surface area contributed by atoms with Gasteiger partial charge in [-0.2, -0.15) is 29.9 Å². The Morgan fingerprint density at radius 1 is 0.619 bits per heavy atom. The van der Waals surface area contributed by atoms with Crippen molar-refractivity contribution in [2.24, 2.45) is 0 Å². The SMILES string of the molecule is CCCCCCNc1nc(N)nc(Nc2ccc(OCC)cc2)n1.CCOc1ccc(Nc2nc(Cl)nc(Cl)n2)cc1. The van der Waals surface area contributed by atoms with Crippen LogP contribution in [0.1, 0.15) is 46.5 Å². The quantitative estimate of drug-likeness (QED) is 0.109. The van der Waals surface area contributed by atoms with Crippen LogP contribution in [-0.4, -0.2) is 49.7 Å². The number of anilines is 6. The minimum atomic E-state index is 0.0448. The Hall–Kier alpha value is -4.16. The van der Waals surface area contributed by atoms with Gasteiger partial charge in [-0.3, -0.25) is 0 Å². The molecule has 4 rings (SSSR count). The van der Waals surface area contributed by atoms with Crippen molar-refractivity contribution in [1.82, 2.24) is 29.9 Å². The summed E-state index contributed by atoms with van der Waals surface area (Å²) >= 11 is 11.4. The van der Waals surface area contributed by atoms with Crippen LogP contribution in [0.15, 0.2) is 48.5 Å². The topological polar surface area (TPSA) is 158 Å². The fraction of sp³-hybridized carbons (Fsp3) is 0.357. The molecule has 0 saturated heterocycles. The smallest absolute Gasteiger partial charge is 0.233 e. The number of hydrogen-bond donors (Lipinski definition) is 4. The van der Waals surface area contributed by atoms with Crippen LogP contribution >= 0.6 is 23.2 Å². The number of halogens is 2. The summed E-state index contributed by atoms with van der Waals surface area (Å²) < 4.78 is 10.8. The third-order valence-electron chi connectivity index (χ3n) is 5.39. The number of unbranched alkanes of at least 4 members (excludes halogenated alkanes) is 3. The van der Waals surface area contributed by atoms with Crippen molar-refractivity contribution in [1.29, 1.82) is 0 Å². The summed E-state index contributed by atoms with van der Waals surface area (Å²) in [7, 11) is 0. The van der Waals surface area contributed by atoms with Gasteiger partial charge in [0.15, 0.2) is 0 Å². The molecule has 0 saturated carbocycles. The van der Waals surface area contributed by atoms with Crippen LogP contribution < -0.4 is 31.2 Å². The Kier molecular flexibility index (Phi) is 13.6. The van der Waals surface area contributed by atoms with E-state index in [1.165, 1.54) is 19.3 Å². The predicted octanol–water partition coefficient (Wildman–Crippen LogP) is 6.91. The molecule has 2 aromatic carbocycles. The molecule has 0 aliphatic carbocycles. The summed E-state index contributed by atoms with van der Waals surface area (Å²) in [6.07, 6.45) is 4.74. The molecule has 12 nitrogen and oxygen atoms in total. The summed E-state index contributed by atoms with van der Waals surface area (Å²) in [5.74, 6) is 3.02. The summed E-state index contributed by atoms with van der Waals surface area (Å²) in [5, 5.41) is 9.38. The molecule has 0 fully saturated rings. The number of nitrogens with one attached hydrogen (secondary N) is 3. The third kappa shape index (κ3) is 11.8. The second-order valence-electron chi connectivity index (χ2n) is 8.69. The van der Waals surface area contributed by atoms with Crippen LogP contribution in [0.2, 0.25) is 10.6 Å². The molecule has 0 amide bonds. The first-order valence-electron chi connectivity index (χ1n) is 13.7. The lowest BCUT2D eigenvalue weighted by molar-refractivity contribution is 0.340. The standard InChI is InChI=1S/C17H26N6O.C11H10Cl2N4O/c1-3-5-6-7-12-19-16-21-15(18)22-17(23-16)20-13-8-10-14(11-9-13)24-4-2;1-2-18-8-5-3-7(4-6-8)14-11-16-9(12)15-10(13)17-11/h8-11H,3-7,12H2,1-2H3,(H4,18,19,20,21,22,23);3-6H,2H2,1H3,(H,14,15,16,17). The van der Waals surface area contributed by atoms with Crippen LogP contribution in [-0.2, 0) is 0 Å². The molecule has 224 valence electrons. The molecule has 2 aromatic heterocycles.